The smallest absolute Gasteiger partial charge is 0.213 e. The van der Waals surface area contributed by atoms with Crippen molar-refractivity contribution in [3.05, 3.63) is 71.2 Å². The minimum absolute atomic E-state index is 0. The number of rotatable bonds is 11. The molecule has 0 aliphatic heterocycles. The number of pyridine rings is 1. The minimum Gasteiger partial charge on any atom is -0.490 e. The van der Waals surface area contributed by atoms with Crippen molar-refractivity contribution in [2.75, 3.05) is 20.3 Å². The number of aromatic nitrogens is 2. The summed E-state index contributed by atoms with van der Waals surface area (Å²) >= 11 is 0. The zero-order valence-electron chi connectivity index (χ0n) is 19.3. The largest absolute Gasteiger partial charge is 0.490 e. The third-order valence-corrected chi connectivity index (χ3v) is 4.87. The summed E-state index contributed by atoms with van der Waals surface area (Å²) in [6.45, 7) is 6.24. The second kappa shape index (κ2) is 14.4. The van der Waals surface area contributed by atoms with Gasteiger partial charge in [-0.1, -0.05) is 43.3 Å². The fraction of sp³-hybridized carbons (Fsp3) is 0.375. The van der Waals surface area contributed by atoms with Gasteiger partial charge in [-0.05, 0) is 24.1 Å². The summed E-state index contributed by atoms with van der Waals surface area (Å²) in [5.74, 6) is 3.01. The van der Waals surface area contributed by atoms with Crippen LogP contribution >= 0.6 is 24.0 Å². The first kappa shape index (κ1) is 26.4. The average molecular weight is 565 g/mol. The van der Waals surface area contributed by atoms with E-state index in [2.05, 4.69) is 39.6 Å². The van der Waals surface area contributed by atoms with Crippen LogP contribution in [0.2, 0.25) is 0 Å². The number of hydrogen-bond donors (Lipinski definition) is 2. The standard InChI is InChI=1S/C24H31N5O3.HI/c1-4-21-20(22(5-2)32-29-21)17-28-24(25-3)27-16-18-11-12-23(26-15-18)31-14-13-30-19-9-7-6-8-10-19;/h6-12,15H,4-5,13-14,16-17H2,1-3H3,(H2,25,27,28);1H. The molecule has 0 saturated carbocycles. The van der Waals surface area contributed by atoms with Crippen LogP contribution in [0.1, 0.15) is 36.4 Å². The van der Waals surface area contributed by atoms with E-state index < -0.39 is 0 Å². The molecule has 2 aromatic heterocycles. The molecular weight excluding hydrogens is 533 g/mol. The zero-order chi connectivity index (χ0) is 22.6. The van der Waals surface area contributed by atoms with Crippen LogP contribution in [0.5, 0.6) is 11.6 Å². The second-order valence-corrected chi connectivity index (χ2v) is 7.03. The molecule has 8 nitrogen and oxygen atoms in total. The molecule has 0 fully saturated rings. The van der Waals surface area contributed by atoms with Gasteiger partial charge in [0, 0.05) is 44.4 Å². The number of ether oxygens (including phenoxy) is 2. The number of para-hydroxylation sites is 1. The summed E-state index contributed by atoms with van der Waals surface area (Å²) in [5, 5.41) is 10.8. The predicted octanol–water partition coefficient (Wildman–Crippen LogP) is 4.14. The summed E-state index contributed by atoms with van der Waals surface area (Å²) < 4.78 is 16.7. The summed E-state index contributed by atoms with van der Waals surface area (Å²) in [5.41, 5.74) is 3.12. The maximum Gasteiger partial charge on any atom is 0.213 e. The molecule has 33 heavy (non-hydrogen) atoms. The zero-order valence-corrected chi connectivity index (χ0v) is 21.7. The van der Waals surface area contributed by atoms with Gasteiger partial charge in [-0.25, -0.2) is 4.98 Å². The summed E-state index contributed by atoms with van der Waals surface area (Å²) in [4.78, 5) is 8.65. The Morgan fingerprint density at radius 1 is 0.970 bits per heavy atom. The Morgan fingerprint density at radius 2 is 1.73 bits per heavy atom. The first-order valence-corrected chi connectivity index (χ1v) is 10.9. The van der Waals surface area contributed by atoms with Crippen LogP contribution in [-0.4, -0.2) is 36.4 Å². The molecule has 0 amide bonds. The lowest BCUT2D eigenvalue weighted by Gasteiger charge is -2.12. The van der Waals surface area contributed by atoms with Gasteiger partial charge in [-0.2, -0.15) is 0 Å². The van der Waals surface area contributed by atoms with E-state index in [0.717, 1.165) is 41.2 Å². The Hall–Kier alpha value is -2.82. The van der Waals surface area contributed by atoms with Gasteiger partial charge in [0.1, 0.15) is 24.7 Å². The van der Waals surface area contributed by atoms with Crippen molar-refractivity contribution in [1.82, 2.24) is 20.8 Å². The number of aliphatic imine (C=N–C) groups is 1. The quantitative estimate of drug-likeness (QED) is 0.156. The van der Waals surface area contributed by atoms with Crippen LogP contribution < -0.4 is 20.1 Å². The van der Waals surface area contributed by atoms with Crippen molar-refractivity contribution in [2.45, 2.75) is 39.8 Å². The molecule has 2 N–H and O–H groups in total. The van der Waals surface area contributed by atoms with E-state index in [0.29, 0.717) is 38.1 Å². The SMILES string of the molecule is CCc1noc(CC)c1CNC(=NC)NCc1ccc(OCCOc2ccccc2)nc1.I. The molecule has 0 aliphatic rings. The van der Waals surface area contributed by atoms with E-state index in [9.17, 15) is 0 Å². The third kappa shape index (κ3) is 8.23. The number of aryl methyl sites for hydroxylation is 2. The molecule has 0 unspecified atom stereocenters. The summed E-state index contributed by atoms with van der Waals surface area (Å²) in [6, 6.07) is 13.5. The van der Waals surface area contributed by atoms with Crippen LogP contribution in [0.4, 0.5) is 0 Å². The van der Waals surface area contributed by atoms with Gasteiger partial charge in [0.2, 0.25) is 5.88 Å². The maximum absolute atomic E-state index is 5.65. The lowest BCUT2D eigenvalue weighted by molar-refractivity contribution is 0.212. The summed E-state index contributed by atoms with van der Waals surface area (Å²) in [7, 11) is 1.75. The van der Waals surface area contributed by atoms with E-state index in [1.54, 1.807) is 13.2 Å². The van der Waals surface area contributed by atoms with E-state index in [4.69, 9.17) is 14.0 Å². The molecule has 3 aromatic rings. The van der Waals surface area contributed by atoms with Gasteiger partial charge in [-0.15, -0.1) is 24.0 Å². The molecule has 1 aromatic carbocycles. The Kier molecular flexibility index (Phi) is 11.5. The molecule has 0 atom stereocenters. The van der Waals surface area contributed by atoms with Crippen molar-refractivity contribution in [3.8, 4) is 11.6 Å². The van der Waals surface area contributed by atoms with Crippen molar-refractivity contribution < 1.29 is 14.0 Å². The molecule has 0 radical (unpaired) electrons. The van der Waals surface area contributed by atoms with Crippen molar-refractivity contribution in [1.29, 1.82) is 0 Å². The minimum atomic E-state index is 0. The highest BCUT2D eigenvalue weighted by molar-refractivity contribution is 14.0. The van der Waals surface area contributed by atoms with Crippen LogP contribution in [0, 0.1) is 0 Å². The number of hydrogen-bond acceptors (Lipinski definition) is 6. The fourth-order valence-corrected chi connectivity index (χ4v) is 3.14. The third-order valence-electron chi connectivity index (χ3n) is 4.87. The molecule has 0 saturated heterocycles. The fourth-order valence-electron chi connectivity index (χ4n) is 3.14. The van der Waals surface area contributed by atoms with Crippen LogP contribution in [0.25, 0.3) is 0 Å². The van der Waals surface area contributed by atoms with Crippen LogP contribution in [0.15, 0.2) is 58.2 Å². The second-order valence-electron chi connectivity index (χ2n) is 7.03. The van der Waals surface area contributed by atoms with E-state index in [1.807, 2.05) is 42.5 Å². The first-order chi connectivity index (χ1) is 15.7. The number of nitrogens with one attached hydrogen (secondary N) is 2. The Morgan fingerprint density at radius 3 is 2.39 bits per heavy atom. The van der Waals surface area contributed by atoms with Gasteiger partial charge in [-0.3, -0.25) is 4.99 Å². The number of benzene rings is 1. The lowest BCUT2D eigenvalue weighted by Crippen LogP contribution is -2.36. The Labute approximate surface area is 212 Å². The van der Waals surface area contributed by atoms with Crippen molar-refractivity contribution >= 4 is 29.9 Å². The molecule has 2 heterocycles. The van der Waals surface area contributed by atoms with Crippen LogP contribution in [-0.2, 0) is 25.9 Å². The molecule has 0 aliphatic carbocycles. The lowest BCUT2D eigenvalue weighted by atomic mass is 10.1. The number of nitrogens with zero attached hydrogens (tertiary/aromatic N) is 3. The van der Waals surface area contributed by atoms with Gasteiger partial charge < -0.3 is 24.6 Å². The van der Waals surface area contributed by atoms with Gasteiger partial charge in [0.15, 0.2) is 5.96 Å². The molecule has 0 bridgehead atoms. The molecule has 0 spiro atoms. The first-order valence-electron chi connectivity index (χ1n) is 10.9. The topological polar surface area (TPSA) is 93.8 Å². The number of guanidine groups is 1. The normalized spacial score (nSPS) is 10.9. The Bertz CT molecular complexity index is 956. The molecule has 178 valence electrons. The van der Waals surface area contributed by atoms with E-state index in [-0.39, 0.29) is 24.0 Å². The van der Waals surface area contributed by atoms with Crippen molar-refractivity contribution in [2.24, 2.45) is 4.99 Å². The predicted molar refractivity (Wildman–Crippen MR) is 139 cm³/mol. The van der Waals surface area contributed by atoms with Crippen molar-refractivity contribution in [3.63, 3.8) is 0 Å². The summed E-state index contributed by atoms with van der Waals surface area (Å²) in [6.07, 6.45) is 3.44. The maximum atomic E-state index is 5.65. The van der Waals surface area contributed by atoms with E-state index >= 15 is 0 Å². The van der Waals surface area contributed by atoms with Crippen LogP contribution in [0.3, 0.4) is 0 Å². The monoisotopic (exact) mass is 565 g/mol. The van der Waals surface area contributed by atoms with Gasteiger partial charge in [0.05, 0.1) is 5.69 Å². The van der Waals surface area contributed by atoms with E-state index in [1.165, 1.54) is 0 Å². The highest BCUT2D eigenvalue weighted by Gasteiger charge is 2.13. The molecule has 9 heteroatoms. The number of halogens is 1. The highest BCUT2D eigenvalue weighted by Crippen LogP contribution is 2.15. The molecular formula is C24H32IN5O3. The average Bonchev–Trinajstić information content (AvgIpc) is 3.25. The highest BCUT2D eigenvalue weighted by atomic mass is 127. The van der Waals surface area contributed by atoms with Gasteiger partial charge >= 0.3 is 0 Å². The Balaban J connectivity index is 0.00000385. The molecule has 3 rings (SSSR count). The van der Waals surface area contributed by atoms with Gasteiger partial charge in [0.25, 0.3) is 0 Å².